The average molecular weight is 407 g/mol. The van der Waals surface area contributed by atoms with Crippen LogP contribution in [0.5, 0.6) is 5.75 Å². The van der Waals surface area contributed by atoms with Gasteiger partial charge in [0.1, 0.15) is 17.1 Å². The molecule has 1 unspecified atom stereocenters. The Morgan fingerprint density at radius 3 is 2.64 bits per heavy atom. The van der Waals surface area contributed by atoms with Crippen molar-refractivity contribution in [2.45, 2.75) is 31.6 Å². The van der Waals surface area contributed by atoms with E-state index in [1.165, 1.54) is 19.2 Å². The van der Waals surface area contributed by atoms with Crippen LogP contribution in [0.3, 0.4) is 0 Å². The average Bonchev–Trinajstić information content (AvgIpc) is 3.04. The molecule has 8 nitrogen and oxygen atoms in total. The summed E-state index contributed by atoms with van der Waals surface area (Å²) in [4.78, 5) is 14.7. The number of sulfonamides is 1. The van der Waals surface area contributed by atoms with Crippen molar-refractivity contribution in [1.82, 2.24) is 14.8 Å². The molecule has 1 N–H and O–H groups in total. The summed E-state index contributed by atoms with van der Waals surface area (Å²) < 4.78 is 37.8. The number of nitrogens with zero attached hydrogens (tertiary/aromatic N) is 2. The van der Waals surface area contributed by atoms with Gasteiger partial charge in [0, 0.05) is 19.6 Å². The molecule has 152 valence electrons. The second-order valence-corrected chi connectivity index (χ2v) is 8.75. The smallest absolute Gasteiger partial charge is 0.259 e. The summed E-state index contributed by atoms with van der Waals surface area (Å²) in [6.07, 6.45) is 1.68. The fraction of sp³-hybridized carbons (Fsp3) is 0.474. The number of carbonyl (C=O) groups excluding carboxylic acids is 1. The standard InChI is InChI=1S/C19H25N3O5S/c1-13-18(14(2)27-21-13)19(23)22-10-4-5-15(12-22)11-20-28(24,25)17-8-6-16(26-3)7-9-17/h6-9,15,20H,4-5,10-12H2,1-3H3. The maximum absolute atomic E-state index is 12.8. The first-order chi connectivity index (χ1) is 13.3. The van der Waals surface area contributed by atoms with Crippen LogP contribution >= 0.6 is 0 Å². The van der Waals surface area contributed by atoms with Gasteiger partial charge in [0.25, 0.3) is 5.91 Å². The molecule has 0 bridgehead atoms. The number of hydrogen-bond donors (Lipinski definition) is 1. The zero-order valence-corrected chi connectivity index (χ0v) is 17.1. The maximum Gasteiger partial charge on any atom is 0.259 e. The highest BCUT2D eigenvalue weighted by Crippen LogP contribution is 2.22. The second-order valence-electron chi connectivity index (χ2n) is 6.99. The molecule has 1 aromatic carbocycles. The number of rotatable bonds is 6. The van der Waals surface area contributed by atoms with Crippen LogP contribution in [-0.2, 0) is 10.0 Å². The van der Waals surface area contributed by atoms with Gasteiger partial charge >= 0.3 is 0 Å². The van der Waals surface area contributed by atoms with Crippen LogP contribution in [0.2, 0.25) is 0 Å². The molecule has 28 heavy (non-hydrogen) atoms. The van der Waals surface area contributed by atoms with Crippen molar-refractivity contribution in [2.75, 3.05) is 26.7 Å². The SMILES string of the molecule is COc1ccc(S(=O)(=O)NCC2CCCN(C(=O)c3c(C)noc3C)C2)cc1. The maximum atomic E-state index is 12.8. The fourth-order valence-electron chi connectivity index (χ4n) is 3.43. The molecule has 1 fully saturated rings. The first-order valence-corrected chi connectivity index (χ1v) is 10.7. The first kappa shape index (κ1) is 20.3. The number of nitrogens with one attached hydrogen (secondary N) is 1. The van der Waals surface area contributed by atoms with Crippen molar-refractivity contribution in [2.24, 2.45) is 5.92 Å². The molecular weight excluding hydrogens is 382 g/mol. The first-order valence-electron chi connectivity index (χ1n) is 9.17. The number of benzene rings is 1. The van der Waals surface area contributed by atoms with Gasteiger partial charge in [0.05, 0.1) is 17.7 Å². The molecule has 1 atom stereocenters. The zero-order valence-electron chi connectivity index (χ0n) is 16.3. The van der Waals surface area contributed by atoms with E-state index in [2.05, 4.69) is 9.88 Å². The van der Waals surface area contributed by atoms with Crippen molar-refractivity contribution in [3.8, 4) is 5.75 Å². The van der Waals surface area contributed by atoms with Crippen molar-refractivity contribution in [3.63, 3.8) is 0 Å². The molecule has 2 aromatic rings. The molecule has 2 heterocycles. The number of piperidine rings is 1. The Kier molecular flexibility index (Phi) is 6.04. The number of carbonyl (C=O) groups is 1. The highest BCUT2D eigenvalue weighted by atomic mass is 32.2. The van der Waals surface area contributed by atoms with Crippen LogP contribution in [0.15, 0.2) is 33.7 Å². The Labute approximate surface area is 164 Å². The molecular formula is C19H25N3O5S. The van der Waals surface area contributed by atoms with Crippen LogP contribution in [0.4, 0.5) is 0 Å². The lowest BCUT2D eigenvalue weighted by molar-refractivity contribution is 0.0674. The summed E-state index contributed by atoms with van der Waals surface area (Å²) in [5.41, 5.74) is 1.07. The largest absolute Gasteiger partial charge is 0.497 e. The number of likely N-dealkylation sites (tertiary alicyclic amines) is 1. The van der Waals surface area contributed by atoms with Crippen molar-refractivity contribution in [1.29, 1.82) is 0 Å². The minimum atomic E-state index is -3.61. The topological polar surface area (TPSA) is 102 Å². The van der Waals surface area contributed by atoms with E-state index in [4.69, 9.17) is 9.26 Å². The Bertz CT molecular complexity index is 917. The molecule has 1 amide bonds. The summed E-state index contributed by atoms with van der Waals surface area (Å²) in [5, 5.41) is 3.84. The van der Waals surface area contributed by atoms with Gasteiger partial charge in [-0.1, -0.05) is 5.16 Å². The number of ether oxygens (including phenoxy) is 1. The lowest BCUT2D eigenvalue weighted by atomic mass is 9.97. The summed E-state index contributed by atoms with van der Waals surface area (Å²) >= 11 is 0. The van der Waals surface area contributed by atoms with Crippen LogP contribution < -0.4 is 9.46 Å². The second kappa shape index (κ2) is 8.32. The predicted molar refractivity (Wildman–Crippen MR) is 103 cm³/mol. The molecule has 1 aliphatic rings. The fourth-order valence-corrected chi connectivity index (χ4v) is 4.54. The Hall–Kier alpha value is -2.39. The van der Waals surface area contributed by atoms with E-state index in [9.17, 15) is 13.2 Å². The van der Waals surface area contributed by atoms with Crippen LogP contribution in [-0.4, -0.2) is 51.1 Å². The van der Waals surface area contributed by atoms with E-state index in [-0.39, 0.29) is 23.3 Å². The molecule has 0 spiro atoms. The van der Waals surface area contributed by atoms with Crippen molar-refractivity contribution < 1.29 is 22.5 Å². The van der Waals surface area contributed by atoms with Crippen molar-refractivity contribution >= 4 is 15.9 Å². The summed E-state index contributed by atoms with van der Waals surface area (Å²) in [7, 11) is -2.08. The summed E-state index contributed by atoms with van der Waals surface area (Å²) in [5.74, 6) is 1.04. The molecule has 1 aromatic heterocycles. The molecule has 9 heteroatoms. The van der Waals surface area contributed by atoms with E-state index in [0.29, 0.717) is 35.9 Å². The molecule has 1 saturated heterocycles. The van der Waals surface area contributed by atoms with Gasteiger partial charge in [-0.05, 0) is 56.9 Å². The third kappa shape index (κ3) is 4.36. The lowest BCUT2D eigenvalue weighted by Crippen LogP contribution is -2.44. The van der Waals surface area contributed by atoms with Gasteiger partial charge in [0.15, 0.2) is 0 Å². The van der Waals surface area contributed by atoms with Crippen molar-refractivity contribution in [3.05, 3.63) is 41.3 Å². The minimum absolute atomic E-state index is 0.0474. The van der Waals surface area contributed by atoms with E-state index >= 15 is 0 Å². The third-order valence-corrected chi connectivity index (χ3v) is 6.42. The van der Waals surface area contributed by atoms with Gasteiger partial charge < -0.3 is 14.2 Å². The van der Waals surface area contributed by atoms with Crippen LogP contribution in [0.1, 0.15) is 34.7 Å². The third-order valence-electron chi connectivity index (χ3n) is 4.99. The monoisotopic (exact) mass is 407 g/mol. The predicted octanol–water partition coefficient (Wildman–Crippen LogP) is 2.13. The van der Waals surface area contributed by atoms with Gasteiger partial charge in [0.2, 0.25) is 10.0 Å². The molecule has 0 saturated carbocycles. The number of amides is 1. The number of hydrogen-bond acceptors (Lipinski definition) is 6. The Balaban J connectivity index is 1.62. The molecule has 0 radical (unpaired) electrons. The zero-order chi connectivity index (χ0) is 20.3. The Morgan fingerprint density at radius 2 is 2.04 bits per heavy atom. The van der Waals surface area contributed by atoms with Crippen LogP contribution in [0, 0.1) is 19.8 Å². The molecule has 3 rings (SSSR count). The molecule has 1 aliphatic heterocycles. The number of aromatic nitrogens is 1. The van der Waals surface area contributed by atoms with Crippen LogP contribution in [0.25, 0.3) is 0 Å². The van der Waals surface area contributed by atoms with E-state index in [1.807, 2.05) is 0 Å². The highest BCUT2D eigenvalue weighted by molar-refractivity contribution is 7.89. The summed E-state index contributed by atoms with van der Waals surface area (Å²) in [6, 6.07) is 6.24. The van der Waals surface area contributed by atoms with Gasteiger partial charge in [-0.25, -0.2) is 13.1 Å². The van der Waals surface area contributed by atoms with Gasteiger partial charge in [-0.3, -0.25) is 4.79 Å². The van der Waals surface area contributed by atoms with E-state index in [1.54, 1.807) is 30.9 Å². The highest BCUT2D eigenvalue weighted by Gasteiger charge is 2.29. The van der Waals surface area contributed by atoms with Gasteiger partial charge in [-0.15, -0.1) is 0 Å². The summed E-state index contributed by atoms with van der Waals surface area (Å²) in [6.45, 7) is 4.88. The normalized spacial score (nSPS) is 17.5. The Morgan fingerprint density at radius 1 is 1.32 bits per heavy atom. The number of aryl methyl sites for hydroxylation is 2. The van der Waals surface area contributed by atoms with E-state index < -0.39 is 10.0 Å². The van der Waals surface area contributed by atoms with E-state index in [0.717, 1.165) is 12.8 Å². The van der Waals surface area contributed by atoms with Gasteiger partial charge in [-0.2, -0.15) is 0 Å². The quantitative estimate of drug-likeness (QED) is 0.787. The minimum Gasteiger partial charge on any atom is -0.497 e. The number of methoxy groups -OCH3 is 1. The molecule has 0 aliphatic carbocycles. The lowest BCUT2D eigenvalue weighted by Gasteiger charge is -2.32.